The number of benzene rings is 1. The van der Waals surface area contributed by atoms with Crippen LogP contribution in [0.5, 0.6) is 5.75 Å². The van der Waals surface area contributed by atoms with E-state index in [1.54, 1.807) is 19.2 Å². The fourth-order valence-electron chi connectivity index (χ4n) is 3.24. The summed E-state index contributed by atoms with van der Waals surface area (Å²) in [6, 6.07) is 5.35. The number of halogens is 1. The Morgan fingerprint density at radius 1 is 1.38 bits per heavy atom. The van der Waals surface area contributed by atoms with Gasteiger partial charge in [0.2, 0.25) is 0 Å². The van der Waals surface area contributed by atoms with E-state index in [9.17, 15) is 19.1 Å². The normalized spacial score (nSPS) is 16.0. The van der Waals surface area contributed by atoms with Crippen molar-refractivity contribution in [3.8, 4) is 5.75 Å². The topological polar surface area (TPSA) is 100 Å². The number of hydrogen-bond donors (Lipinski definition) is 2. The highest BCUT2D eigenvalue weighted by Gasteiger charge is 2.38. The molecule has 4 rings (SSSR count). The first kappa shape index (κ1) is 19.1. The highest BCUT2D eigenvalue weighted by Crippen LogP contribution is 2.33. The number of aryl methyl sites for hydroxylation is 1. The van der Waals surface area contributed by atoms with E-state index in [0.717, 1.165) is 10.7 Å². The van der Waals surface area contributed by atoms with Gasteiger partial charge in [0.25, 0.3) is 11.8 Å². The van der Waals surface area contributed by atoms with Crippen molar-refractivity contribution in [2.45, 2.75) is 26.1 Å². The van der Waals surface area contributed by atoms with Crippen LogP contribution in [-0.4, -0.2) is 43.6 Å². The smallest absolute Gasteiger partial charge is 0.276 e. The van der Waals surface area contributed by atoms with Crippen molar-refractivity contribution in [3.63, 3.8) is 0 Å². The van der Waals surface area contributed by atoms with Crippen molar-refractivity contribution in [2.24, 2.45) is 0 Å². The van der Waals surface area contributed by atoms with Gasteiger partial charge < -0.3 is 15.3 Å². The van der Waals surface area contributed by atoms with E-state index in [2.05, 4.69) is 15.4 Å². The van der Waals surface area contributed by atoms with E-state index >= 15 is 0 Å². The van der Waals surface area contributed by atoms with Crippen LogP contribution in [0.25, 0.3) is 0 Å². The van der Waals surface area contributed by atoms with Gasteiger partial charge in [-0.05, 0) is 24.6 Å². The number of aromatic nitrogens is 3. The quantitative estimate of drug-likeness (QED) is 0.681. The summed E-state index contributed by atoms with van der Waals surface area (Å²) in [5.41, 5.74) is 1.19. The minimum Gasteiger partial charge on any atom is -0.504 e. The first-order chi connectivity index (χ1) is 13.8. The summed E-state index contributed by atoms with van der Waals surface area (Å²) in [5.74, 6) is -1.88. The number of rotatable bonds is 4. The molecule has 8 nitrogen and oxygen atoms in total. The molecular formula is C19H18FN5O3S. The van der Waals surface area contributed by atoms with Crippen LogP contribution in [0.2, 0.25) is 0 Å². The minimum absolute atomic E-state index is 0.0253. The number of nitrogens with zero attached hydrogens (tertiary/aromatic N) is 4. The number of aromatic hydroxyl groups is 1. The number of carbonyl (C=O) groups excluding carboxylic acids is 2. The molecule has 2 amide bonds. The maximum absolute atomic E-state index is 13.0. The summed E-state index contributed by atoms with van der Waals surface area (Å²) in [5, 5.41) is 20.0. The van der Waals surface area contributed by atoms with E-state index in [4.69, 9.17) is 0 Å². The Bertz CT molecular complexity index is 1090. The largest absolute Gasteiger partial charge is 0.504 e. The van der Waals surface area contributed by atoms with Crippen LogP contribution < -0.4 is 5.32 Å². The Hall–Kier alpha value is -3.27. The van der Waals surface area contributed by atoms with Gasteiger partial charge in [0.05, 0.1) is 23.3 Å². The zero-order valence-corrected chi connectivity index (χ0v) is 16.5. The van der Waals surface area contributed by atoms with E-state index < -0.39 is 17.6 Å². The lowest BCUT2D eigenvalue weighted by Gasteiger charge is -2.31. The van der Waals surface area contributed by atoms with Gasteiger partial charge in [0.15, 0.2) is 17.1 Å². The Labute approximate surface area is 169 Å². The Balaban J connectivity index is 1.57. The molecule has 0 saturated carbocycles. The Morgan fingerprint density at radius 2 is 2.10 bits per heavy atom. The van der Waals surface area contributed by atoms with E-state index in [1.165, 1.54) is 33.1 Å². The third kappa shape index (κ3) is 3.46. The predicted octanol–water partition coefficient (Wildman–Crippen LogP) is 2.25. The molecule has 3 heterocycles. The molecule has 3 aromatic rings. The molecule has 0 radical (unpaired) electrons. The van der Waals surface area contributed by atoms with Crippen molar-refractivity contribution in [3.05, 3.63) is 63.1 Å². The first-order valence-electron chi connectivity index (χ1n) is 8.86. The van der Waals surface area contributed by atoms with Gasteiger partial charge in [-0.25, -0.2) is 9.37 Å². The number of thiazole rings is 1. The molecule has 2 aromatic heterocycles. The van der Waals surface area contributed by atoms with Crippen molar-refractivity contribution in [1.29, 1.82) is 0 Å². The number of likely N-dealkylation sites (N-methyl/N-ethyl adjacent to an activating group) is 1. The summed E-state index contributed by atoms with van der Waals surface area (Å²) in [6.45, 7) is 2.29. The van der Waals surface area contributed by atoms with Gasteiger partial charge >= 0.3 is 0 Å². The van der Waals surface area contributed by atoms with Crippen molar-refractivity contribution in [1.82, 2.24) is 25.0 Å². The van der Waals surface area contributed by atoms with Crippen molar-refractivity contribution in [2.75, 3.05) is 7.05 Å². The predicted molar refractivity (Wildman–Crippen MR) is 103 cm³/mol. The maximum atomic E-state index is 13.0. The van der Waals surface area contributed by atoms with Crippen LogP contribution in [0, 0.1) is 12.7 Å². The average molecular weight is 415 g/mol. The second kappa shape index (κ2) is 7.28. The SMILES string of the molecule is Cc1nc(C2Cn3nc(C(=O)NCc4ccc(F)cc4)c(O)c3C(=O)N2C)cs1. The lowest BCUT2D eigenvalue weighted by molar-refractivity contribution is 0.0635. The van der Waals surface area contributed by atoms with E-state index in [1.807, 2.05) is 12.3 Å². The third-order valence-electron chi connectivity index (χ3n) is 4.82. The Morgan fingerprint density at radius 3 is 2.76 bits per heavy atom. The zero-order chi connectivity index (χ0) is 20.7. The lowest BCUT2D eigenvalue weighted by atomic mass is 10.1. The minimum atomic E-state index is -0.620. The lowest BCUT2D eigenvalue weighted by Crippen LogP contribution is -2.40. The summed E-state index contributed by atoms with van der Waals surface area (Å²) in [6.07, 6.45) is 0. The molecule has 0 saturated heterocycles. The van der Waals surface area contributed by atoms with Gasteiger partial charge in [-0.3, -0.25) is 14.3 Å². The summed E-state index contributed by atoms with van der Waals surface area (Å²) >= 11 is 1.49. The summed E-state index contributed by atoms with van der Waals surface area (Å²) in [7, 11) is 1.63. The van der Waals surface area contributed by atoms with Crippen LogP contribution in [0.4, 0.5) is 4.39 Å². The molecule has 2 N–H and O–H groups in total. The highest BCUT2D eigenvalue weighted by atomic mass is 32.1. The van der Waals surface area contributed by atoms with E-state index in [0.29, 0.717) is 5.56 Å². The molecule has 1 aliphatic heterocycles. The highest BCUT2D eigenvalue weighted by molar-refractivity contribution is 7.09. The second-order valence-corrected chi connectivity index (χ2v) is 7.82. The number of fused-ring (bicyclic) bond motifs is 1. The van der Waals surface area contributed by atoms with E-state index in [-0.39, 0.29) is 36.3 Å². The van der Waals surface area contributed by atoms with Gasteiger partial charge in [-0.2, -0.15) is 5.10 Å². The van der Waals surface area contributed by atoms with Crippen molar-refractivity contribution >= 4 is 23.2 Å². The standard InChI is InChI=1S/C19H18FN5O3S/c1-10-22-13(9-29-10)14-8-25-16(19(28)24(14)2)17(26)15(23-25)18(27)21-7-11-3-5-12(20)6-4-11/h3-6,9,14,26H,7-8H2,1-2H3,(H,21,27). The maximum Gasteiger partial charge on any atom is 0.276 e. The van der Waals surface area contributed by atoms with Gasteiger partial charge in [0, 0.05) is 19.0 Å². The number of amides is 2. The molecule has 29 heavy (non-hydrogen) atoms. The molecule has 150 valence electrons. The van der Waals surface area contributed by atoms with Gasteiger partial charge in [-0.1, -0.05) is 12.1 Å². The average Bonchev–Trinajstić information content (AvgIpc) is 3.27. The third-order valence-corrected chi connectivity index (χ3v) is 5.62. The molecular weight excluding hydrogens is 397 g/mol. The summed E-state index contributed by atoms with van der Waals surface area (Å²) < 4.78 is 14.3. The van der Waals surface area contributed by atoms with Crippen LogP contribution in [0.15, 0.2) is 29.6 Å². The number of hydrogen-bond acceptors (Lipinski definition) is 6. The molecule has 0 spiro atoms. The molecule has 0 aliphatic carbocycles. The molecule has 0 bridgehead atoms. The fourth-order valence-corrected chi connectivity index (χ4v) is 3.90. The van der Waals surface area contributed by atoms with Gasteiger partial charge in [-0.15, -0.1) is 11.3 Å². The van der Waals surface area contributed by atoms with Crippen molar-refractivity contribution < 1.29 is 19.1 Å². The zero-order valence-electron chi connectivity index (χ0n) is 15.7. The molecule has 10 heteroatoms. The second-order valence-electron chi connectivity index (χ2n) is 6.76. The van der Waals surface area contributed by atoms with Crippen LogP contribution in [-0.2, 0) is 13.1 Å². The van der Waals surface area contributed by atoms with Crippen LogP contribution in [0.3, 0.4) is 0 Å². The number of nitrogens with one attached hydrogen (secondary N) is 1. The number of carbonyl (C=O) groups is 2. The summed E-state index contributed by atoms with van der Waals surface area (Å²) in [4.78, 5) is 31.2. The molecule has 1 aliphatic rings. The van der Waals surface area contributed by atoms with Crippen LogP contribution >= 0.6 is 11.3 Å². The van der Waals surface area contributed by atoms with Gasteiger partial charge in [0.1, 0.15) is 5.82 Å². The molecule has 1 atom stereocenters. The molecule has 1 aromatic carbocycles. The van der Waals surface area contributed by atoms with Crippen LogP contribution in [0.1, 0.15) is 43.3 Å². The fraction of sp³-hybridized carbons (Fsp3) is 0.263. The first-order valence-corrected chi connectivity index (χ1v) is 9.74. The molecule has 1 unspecified atom stereocenters. The molecule has 0 fully saturated rings. The monoisotopic (exact) mass is 415 g/mol. The Kier molecular flexibility index (Phi) is 4.79.